The lowest BCUT2D eigenvalue weighted by atomic mass is 10.1. The summed E-state index contributed by atoms with van der Waals surface area (Å²) in [6.07, 6.45) is 3.37. The molecule has 150 valence electrons. The molecule has 1 aliphatic rings. The number of nitrogens with one attached hydrogen (secondary N) is 1. The minimum atomic E-state index is -0.750. The van der Waals surface area contributed by atoms with Gasteiger partial charge in [0.2, 0.25) is 0 Å². The molecule has 0 unspecified atom stereocenters. The second-order valence-electron chi connectivity index (χ2n) is 7.08. The van der Waals surface area contributed by atoms with E-state index in [1.54, 1.807) is 12.1 Å². The van der Waals surface area contributed by atoms with Gasteiger partial charge >= 0.3 is 6.03 Å². The lowest BCUT2D eigenvalue weighted by Crippen LogP contribution is -2.54. The molecule has 0 spiro atoms. The Kier molecular flexibility index (Phi) is 5.29. The average molecular weight is 511 g/mol. The van der Waals surface area contributed by atoms with E-state index in [2.05, 4.69) is 27.9 Å². The number of hydrogen-bond acceptors (Lipinski definition) is 3. The highest BCUT2D eigenvalue weighted by Gasteiger charge is 2.37. The molecule has 7 heteroatoms. The van der Waals surface area contributed by atoms with E-state index < -0.39 is 17.8 Å². The maximum atomic E-state index is 13.2. The van der Waals surface area contributed by atoms with Gasteiger partial charge in [0.15, 0.2) is 0 Å². The number of hydrogen-bond donors (Lipinski definition) is 1. The number of benzene rings is 2. The minimum Gasteiger partial charge on any atom is -0.317 e. The lowest BCUT2D eigenvalue weighted by molar-refractivity contribution is -0.122. The van der Waals surface area contributed by atoms with E-state index in [0.29, 0.717) is 11.4 Å². The van der Waals surface area contributed by atoms with Crippen LogP contribution in [0.5, 0.6) is 0 Å². The maximum absolute atomic E-state index is 13.2. The monoisotopic (exact) mass is 511 g/mol. The number of nitrogens with zero attached hydrogens (tertiary/aromatic N) is 2. The topological polar surface area (TPSA) is 71.4 Å². The first kappa shape index (κ1) is 20.1. The Balaban J connectivity index is 1.76. The Morgan fingerprint density at radius 3 is 2.23 bits per heavy atom. The summed E-state index contributed by atoms with van der Waals surface area (Å²) in [5.74, 6) is -1.36. The summed E-state index contributed by atoms with van der Waals surface area (Å²) in [6, 6.07) is 16.2. The summed E-state index contributed by atoms with van der Waals surface area (Å²) in [4.78, 5) is 39.1. The van der Waals surface area contributed by atoms with Crippen LogP contribution in [0.4, 0.5) is 10.5 Å². The van der Waals surface area contributed by atoms with Crippen LogP contribution in [0.1, 0.15) is 16.8 Å². The van der Waals surface area contributed by atoms with Gasteiger partial charge in [-0.05, 0) is 102 Å². The highest BCUT2D eigenvalue weighted by atomic mass is 127. The first-order valence-electron chi connectivity index (χ1n) is 9.26. The Hall–Kier alpha value is -3.20. The van der Waals surface area contributed by atoms with E-state index in [0.717, 1.165) is 25.3 Å². The van der Waals surface area contributed by atoms with Crippen molar-refractivity contribution in [1.29, 1.82) is 0 Å². The molecule has 6 nitrogen and oxygen atoms in total. The van der Waals surface area contributed by atoms with Gasteiger partial charge in [0.1, 0.15) is 5.57 Å². The molecule has 1 aromatic heterocycles. The van der Waals surface area contributed by atoms with Crippen LogP contribution in [0.15, 0.2) is 66.4 Å². The predicted octanol–water partition coefficient (Wildman–Crippen LogP) is 4.37. The fraction of sp³-hybridized carbons (Fsp3) is 0.0870. The normalized spacial score (nSPS) is 15.6. The van der Waals surface area contributed by atoms with Crippen molar-refractivity contribution in [3.05, 3.63) is 86.8 Å². The van der Waals surface area contributed by atoms with Gasteiger partial charge in [0.25, 0.3) is 11.8 Å². The number of aromatic nitrogens is 1. The van der Waals surface area contributed by atoms with Gasteiger partial charge in [-0.1, -0.05) is 6.07 Å². The zero-order valence-corrected chi connectivity index (χ0v) is 18.5. The third kappa shape index (κ3) is 3.80. The molecule has 1 fully saturated rings. The molecule has 1 aliphatic heterocycles. The average Bonchev–Trinajstić information content (AvgIpc) is 3.13. The molecule has 1 N–H and O–H groups in total. The van der Waals surface area contributed by atoms with Gasteiger partial charge in [-0.2, -0.15) is 0 Å². The van der Waals surface area contributed by atoms with Crippen molar-refractivity contribution < 1.29 is 14.4 Å². The molecular formula is C23H18IN3O3. The summed E-state index contributed by atoms with van der Waals surface area (Å²) >= 11 is 2.23. The Labute approximate surface area is 187 Å². The number of halogens is 1. The molecule has 2 heterocycles. The van der Waals surface area contributed by atoms with Crippen LogP contribution in [0.25, 0.3) is 11.8 Å². The van der Waals surface area contributed by atoms with Crippen LogP contribution in [0, 0.1) is 17.4 Å². The highest BCUT2D eigenvalue weighted by molar-refractivity contribution is 14.1. The van der Waals surface area contributed by atoms with Crippen molar-refractivity contribution >= 4 is 52.2 Å². The van der Waals surface area contributed by atoms with E-state index in [1.807, 2.05) is 67.1 Å². The van der Waals surface area contributed by atoms with E-state index in [1.165, 1.54) is 6.08 Å². The summed E-state index contributed by atoms with van der Waals surface area (Å²) in [6.45, 7) is 3.78. The Bertz CT molecular complexity index is 1190. The van der Waals surface area contributed by atoms with Gasteiger partial charge in [-0.3, -0.25) is 14.9 Å². The quantitative estimate of drug-likeness (QED) is 0.323. The molecule has 1 saturated heterocycles. The number of barbiturate groups is 1. The molecule has 0 atom stereocenters. The van der Waals surface area contributed by atoms with Crippen LogP contribution >= 0.6 is 22.6 Å². The molecule has 0 aliphatic carbocycles. The number of anilines is 1. The SMILES string of the molecule is Cc1cc(C)cc(N2C(=O)NC(=O)/C(=C\c3cccn3-c3ccc(I)cc3)C2=O)c1. The zero-order valence-electron chi connectivity index (χ0n) is 16.3. The van der Waals surface area contributed by atoms with E-state index in [4.69, 9.17) is 0 Å². The third-order valence-corrected chi connectivity index (χ3v) is 5.46. The van der Waals surface area contributed by atoms with Crippen LogP contribution in [-0.2, 0) is 9.59 Å². The summed E-state index contributed by atoms with van der Waals surface area (Å²) in [5, 5.41) is 2.28. The van der Waals surface area contributed by atoms with Crippen LogP contribution in [-0.4, -0.2) is 22.4 Å². The van der Waals surface area contributed by atoms with Crippen molar-refractivity contribution in [3.63, 3.8) is 0 Å². The van der Waals surface area contributed by atoms with E-state index >= 15 is 0 Å². The third-order valence-electron chi connectivity index (χ3n) is 4.74. The van der Waals surface area contributed by atoms with Gasteiger partial charge in [0.05, 0.1) is 5.69 Å². The minimum absolute atomic E-state index is 0.0979. The van der Waals surface area contributed by atoms with Crippen molar-refractivity contribution in [2.24, 2.45) is 0 Å². The molecule has 4 rings (SSSR count). The van der Waals surface area contributed by atoms with Gasteiger partial charge in [-0.15, -0.1) is 0 Å². The molecule has 0 bridgehead atoms. The predicted molar refractivity (Wildman–Crippen MR) is 123 cm³/mol. The maximum Gasteiger partial charge on any atom is 0.335 e. The Morgan fingerprint density at radius 1 is 0.900 bits per heavy atom. The number of rotatable bonds is 3. The first-order valence-corrected chi connectivity index (χ1v) is 10.3. The molecular weight excluding hydrogens is 493 g/mol. The number of imide groups is 2. The summed E-state index contributed by atoms with van der Waals surface area (Å²) in [5.41, 5.74) is 3.73. The number of carbonyl (C=O) groups is 3. The second kappa shape index (κ2) is 7.91. The van der Waals surface area contributed by atoms with E-state index in [-0.39, 0.29) is 5.57 Å². The smallest absolute Gasteiger partial charge is 0.317 e. The zero-order chi connectivity index (χ0) is 21.4. The second-order valence-corrected chi connectivity index (χ2v) is 8.33. The van der Waals surface area contributed by atoms with Crippen molar-refractivity contribution in [2.45, 2.75) is 13.8 Å². The number of amides is 4. The van der Waals surface area contributed by atoms with Crippen molar-refractivity contribution in [3.8, 4) is 5.69 Å². The van der Waals surface area contributed by atoms with Crippen molar-refractivity contribution in [1.82, 2.24) is 9.88 Å². The van der Waals surface area contributed by atoms with Crippen molar-refractivity contribution in [2.75, 3.05) is 4.90 Å². The first-order chi connectivity index (χ1) is 14.3. The van der Waals surface area contributed by atoms with Gasteiger partial charge in [-0.25, -0.2) is 9.69 Å². The summed E-state index contributed by atoms with van der Waals surface area (Å²) < 4.78 is 2.98. The fourth-order valence-electron chi connectivity index (χ4n) is 3.47. The molecule has 4 amide bonds. The van der Waals surface area contributed by atoms with Gasteiger partial charge < -0.3 is 4.57 Å². The molecule has 0 saturated carbocycles. The Morgan fingerprint density at radius 2 is 1.57 bits per heavy atom. The number of urea groups is 1. The van der Waals surface area contributed by atoms with E-state index in [9.17, 15) is 14.4 Å². The fourth-order valence-corrected chi connectivity index (χ4v) is 3.83. The lowest BCUT2D eigenvalue weighted by Gasteiger charge is -2.27. The molecule has 0 radical (unpaired) electrons. The van der Waals surface area contributed by atoms with Crippen LogP contribution in [0.3, 0.4) is 0 Å². The molecule has 30 heavy (non-hydrogen) atoms. The number of aryl methyl sites for hydroxylation is 2. The summed E-state index contributed by atoms with van der Waals surface area (Å²) in [7, 11) is 0. The highest BCUT2D eigenvalue weighted by Crippen LogP contribution is 2.25. The largest absolute Gasteiger partial charge is 0.335 e. The standard InChI is InChI=1S/C23H18IN3O3/c1-14-10-15(2)12-19(11-14)27-22(29)20(21(28)25-23(27)30)13-18-4-3-9-26(18)17-7-5-16(24)6-8-17/h3-13H,1-2H3,(H,25,28,30)/b20-13+. The molecule has 2 aromatic carbocycles. The number of carbonyl (C=O) groups excluding carboxylic acids is 3. The van der Waals surface area contributed by atoms with Gasteiger partial charge in [0, 0.05) is 21.1 Å². The van der Waals surface area contributed by atoms with Crippen LogP contribution in [0.2, 0.25) is 0 Å². The van der Waals surface area contributed by atoms with Crippen LogP contribution < -0.4 is 10.2 Å². The molecule has 3 aromatic rings.